The average molecular weight is 256 g/mol. The van der Waals surface area contributed by atoms with Gasteiger partial charge in [-0.15, -0.1) is 0 Å². The van der Waals surface area contributed by atoms with E-state index in [1.807, 2.05) is 30.3 Å². The zero-order valence-corrected chi connectivity index (χ0v) is 10.3. The highest BCUT2D eigenvalue weighted by Gasteiger charge is 2.08. The maximum absolute atomic E-state index is 10.4. The molecule has 0 heterocycles. The number of rotatable bonds is 3. The lowest BCUT2D eigenvalue weighted by molar-refractivity contribution is 0.565. The molecule has 0 spiro atoms. The third-order valence-corrected chi connectivity index (χ3v) is 2.81. The maximum Gasteiger partial charge on any atom is 0.240 e. The molecule has 88 valence electrons. The fraction of sp³-hybridized carbons (Fsp3) is 0. The number of isocyanates is 1. The quantitative estimate of drug-likeness (QED) is 0.592. The van der Waals surface area contributed by atoms with Gasteiger partial charge in [0.15, 0.2) is 0 Å². The molecular weight excluding hydrogens is 246 g/mol. The Hall–Kier alpha value is -2.15. The molecule has 0 unspecified atom stereocenters. The molecule has 0 N–H and O–H groups in total. The van der Waals surface area contributed by atoms with E-state index in [4.69, 9.17) is 11.6 Å². The SMILES string of the molecule is C=C(c1ccccc1)c1cc(Cl)ccc1N=C=O. The highest BCUT2D eigenvalue weighted by atomic mass is 35.5. The molecule has 0 amide bonds. The maximum atomic E-state index is 10.4. The fourth-order valence-electron chi connectivity index (χ4n) is 1.69. The van der Waals surface area contributed by atoms with E-state index in [1.54, 1.807) is 24.3 Å². The van der Waals surface area contributed by atoms with Crippen molar-refractivity contribution in [2.75, 3.05) is 0 Å². The van der Waals surface area contributed by atoms with Gasteiger partial charge in [0.25, 0.3) is 0 Å². The monoisotopic (exact) mass is 255 g/mol. The van der Waals surface area contributed by atoms with Gasteiger partial charge in [-0.25, -0.2) is 4.79 Å². The standard InChI is InChI=1S/C15H10ClNO/c1-11(12-5-3-2-4-6-12)14-9-13(16)7-8-15(14)17-10-18/h2-9H,1H2. The molecule has 0 aromatic heterocycles. The molecule has 3 heteroatoms. The molecule has 2 rings (SSSR count). The van der Waals surface area contributed by atoms with Crippen LogP contribution < -0.4 is 0 Å². The van der Waals surface area contributed by atoms with Crippen molar-refractivity contribution in [3.63, 3.8) is 0 Å². The second kappa shape index (κ2) is 5.46. The molecule has 0 saturated heterocycles. The van der Waals surface area contributed by atoms with E-state index in [0.717, 1.165) is 16.7 Å². The van der Waals surface area contributed by atoms with E-state index in [0.29, 0.717) is 10.7 Å². The lowest BCUT2D eigenvalue weighted by Gasteiger charge is -2.09. The number of nitrogens with zero attached hydrogens (tertiary/aromatic N) is 1. The zero-order chi connectivity index (χ0) is 13.0. The summed E-state index contributed by atoms with van der Waals surface area (Å²) in [6.45, 7) is 4.03. The molecule has 0 atom stereocenters. The summed E-state index contributed by atoms with van der Waals surface area (Å²) in [5, 5.41) is 0.576. The van der Waals surface area contributed by atoms with Crippen LogP contribution in [0.1, 0.15) is 11.1 Å². The van der Waals surface area contributed by atoms with Gasteiger partial charge in [0, 0.05) is 10.6 Å². The summed E-state index contributed by atoms with van der Waals surface area (Å²) >= 11 is 5.97. The third-order valence-electron chi connectivity index (χ3n) is 2.57. The topological polar surface area (TPSA) is 29.4 Å². The summed E-state index contributed by atoms with van der Waals surface area (Å²) < 4.78 is 0. The first-order valence-corrected chi connectivity index (χ1v) is 5.72. The number of benzene rings is 2. The Morgan fingerprint density at radius 2 is 1.89 bits per heavy atom. The molecule has 0 bridgehead atoms. The molecule has 0 aliphatic carbocycles. The summed E-state index contributed by atoms with van der Waals surface area (Å²) in [6.07, 6.45) is 1.54. The van der Waals surface area contributed by atoms with Gasteiger partial charge in [-0.1, -0.05) is 48.5 Å². The highest BCUT2D eigenvalue weighted by molar-refractivity contribution is 6.30. The highest BCUT2D eigenvalue weighted by Crippen LogP contribution is 2.32. The van der Waals surface area contributed by atoms with Crippen molar-refractivity contribution in [2.45, 2.75) is 0 Å². The fourth-order valence-corrected chi connectivity index (χ4v) is 1.86. The normalized spacial score (nSPS) is 9.61. The summed E-state index contributed by atoms with van der Waals surface area (Å²) in [4.78, 5) is 14.1. The molecule has 18 heavy (non-hydrogen) atoms. The van der Waals surface area contributed by atoms with Gasteiger partial charge in [-0.05, 0) is 29.3 Å². The smallest absolute Gasteiger partial charge is 0.211 e. The van der Waals surface area contributed by atoms with Crippen LogP contribution in [0.15, 0.2) is 60.1 Å². The molecule has 2 nitrogen and oxygen atoms in total. The first kappa shape index (κ1) is 12.3. The van der Waals surface area contributed by atoms with E-state index in [-0.39, 0.29) is 0 Å². The van der Waals surface area contributed by atoms with Gasteiger partial charge in [0.1, 0.15) is 0 Å². The zero-order valence-electron chi connectivity index (χ0n) is 9.56. The van der Waals surface area contributed by atoms with Gasteiger partial charge >= 0.3 is 0 Å². The first-order chi connectivity index (χ1) is 8.72. The number of hydrogen-bond acceptors (Lipinski definition) is 2. The lowest BCUT2D eigenvalue weighted by Crippen LogP contribution is -1.87. The predicted molar refractivity (Wildman–Crippen MR) is 73.8 cm³/mol. The summed E-state index contributed by atoms with van der Waals surface area (Å²) in [5.41, 5.74) is 2.98. The number of aliphatic imine (C=N–C) groups is 1. The summed E-state index contributed by atoms with van der Waals surface area (Å²) in [5.74, 6) is 0. The molecule has 0 saturated carbocycles. The van der Waals surface area contributed by atoms with Gasteiger partial charge in [-0.3, -0.25) is 0 Å². The molecule has 0 aliphatic rings. The minimum atomic E-state index is 0.517. The Labute approximate surface area is 110 Å². The molecule has 0 radical (unpaired) electrons. The van der Waals surface area contributed by atoms with E-state index in [9.17, 15) is 4.79 Å². The lowest BCUT2D eigenvalue weighted by atomic mass is 9.98. The Kier molecular flexibility index (Phi) is 3.73. The second-order valence-corrected chi connectivity index (χ2v) is 4.15. The van der Waals surface area contributed by atoms with E-state index >= 15 is 0 Å². The van der Waals surface area contributed by atoms with Crippen molar-refractivity contribution in [3.05, 3.63) is 71.3 Å². The Morgan fingerprint density at radius 1 is 1.17 bits per heavy atom. The van der Waals surface area contributed by atoms with Gasteiger partial charge in [-0.2, -0.15) is 4.99 Å². The molecule has 2 aromatic carbocycles. The Morgan fingerprint density at radius 3 is 2.56 bits per heavy atom. The summed E-state index contributed by atoms with van der Waals surface area (Å²) in [6, 6.07) is 14.8. The first-order valence-electron chi connectivity index (χ1n) is 5.34. The van der Waals surface area contributed by atoms with Crippen molar-refractivity contribution in [2.24, 2.45) is 4.99 Å². The largest absolute Gasteiger partial charge is 0.240 e. The van der Waals surface area contributed by atoms with Gasteiger partial charge < -0.3 is 0 Å². The van der Waals surface area contributed by atoms with Crippen molar-refractivity contribution in [3.8, 4) is 0 Å². The Bertz CT molecular complexity index is 628. The number of carbonyl (C=O) groups excluding carboxylic acids is 1. The molecule has 2 aromatic rings. The minimum absolute atomic E-state index is 0.517. The molecule has 0 fully saturated rings. The van der Waals surface area contributed by atoms with Crippen molar-refractivity contribution in [1.82, 2.24) is 0 Å². The van der Waals surface area contributed by atoms with Gasteiger partial charge in [0.2, 0.25) is 6.08 Å². The van der Waals surface area contributed by atoms with Crippen LogP contribution in [0.4, 0.5) is 5.69 Å². The van der Waals surface area contributed by atoms with Crippen LogP contribution in [0, 0.1) is 0 Å². The van der Waals surface area contributed by atoms with E-state index < -0.39 is 0 Å². The van der Waals surface area contributed by atoms with E-state index in [2.05, 4.69) is 11.6 Å². The van der Waals surface area contributed by atoms with Crippen molar-refractivity contribution < 1.29 is 4.79 Å². The minimum Gasteiger partial charge on any atom is -0.211 e. The third kappa shape index (κ3) is 2.57. The molecule has 0 aliphatic heterocycles. The Balaban J connectivity index is 2.53. The average Bonchev–Trinajstić information content (AvgIpc) is 2.41. The number of halogens is 1. The van der Waals surface area contributed by atoms with Crippen molar-refractivity contribution >= 4 is 28.9 Å². The second-order valence-electron chi connectivity index (χ2n) is 3.71. The summed E-state index contributed by atoms with van der Waals surface area (Å²) in [7, 11) is 0. The predicted octanol–water partition coefficient (Wildman–Crippen LogP) is 4.37. The van der Waals surface area contributed by atoms with Crippen LogP contribution in [0.25, 0.3) is 5.57 Å². The van der Waals surface area contributed by atoms with Crippen LogP contribution in [0.3, 0.4) is 0 Å². The van der Waals surface area contributed by atoms with E-state index in [1.165, 1.54) is 0 Å². The van der Waals surface area contributed by atoms with Crippen LogP contribution >= 0.6 is 11.6 Å². The van der Waals surface area contributed by atoms with Gasteiger partial charge in [0.05, 0.1) is 5.69 Å². The number of hydrogen-bond donors (Lipinski definition) is 0. The van der Waals surface area contributed by atoms with Crippen LogP contribution in [-0.2, 0) is 4.79 Å². The van der Waals surface area contributed by atoms with Crippen LogP contribution in [0.2, 0.25) is 5.02 Å². The van der Waals surface area contributed by atoms with Crippen molar-refractivity contribution in [1.29, 1.82) is 0 Å². The van der Waals surface area contributed by atoms with Crippen LogP contribution in [-0.4, -0.2) is 6.08 Å². The molecular formula is C15H10ClNO. The van der Waals surface area contributed by atoms with Crippen LogP contribution in [0.5, 0.6) is 0 Å².